The molecule has 0 aromatic carbocycles. The molecule has 2 unspecified atom stereocenters. The van der Waals surface area contributed by atoms with E-state index < -0.39 is 24.3 Å². The third kappa shape index (κ3) is 5.11. The highest BCUT2D eigenvalue weighted by molar-refractivity contribution is 5.76. The Morgan fingerprint density at radius 3 is 1.81 bits per heavy atom. The molecule has 0 aromatic heterocycles. The number of hydrogen-bond donors (Lipinski definition) is 1. The molecule has 0 amide bonds. The van der Waals surface area contributed by atoms with E-state index in [0.717, 1.165) is 0 Å². The molecule has 0 fully saturated rings. The van der Waals surface area contributed by atoms with Crippen molar-refractivity contribution in [2.75, 3.05) is 0 Å². The van der Waals surface area contributed by atoms with Crippen molar-refractivity contribution in [3.8, 4) is 0 Å². The SMILES string of the molecule is CC(=O)OC(OC(=O)C(N)C(C)C)C(C)C. The predicted octanol–water partition coefficient (Wildman–Crippen LogP) is 1.06. The number of ether oxygens (including phenoxy) is 2. The smallest absolute Gasteiger partial charge is 0.326 e. The van der Waals surface area contributed by atoms with Gasteiger partial charge < -0.3 is 15.2 Å². The summed E-state index contributed by atoms with van der Waals surface area (Å²) in [6.45, 7) is 8.50. The van der Waals surface area contributed by atoms with Crippen LogP contribution in [0.4, 0.5) is 0 Å². The maximum Gasteiger partial charge on any atom is 0.326 e. The molecular weight excluding hydrogens is 210 g/mol. The first-order chi connectivity index (χ1) is 7.25. The quantitative estimate of drug-likeness (QED) is 0.565. The molecule has 2 atom stereocenters. The summed E-state index contributed by atoms with van der Waals surface area (Å²) in [5, 5.41) is 0. The summed E-state index contributed by atoms with van der Waals surface area (Å²) >= 11 is 0. The maximum atomic E-state index is 11.5. The lowest BCUT2D eigenvalue weighted by molar-refractivity contribution is -0.195. The molecule has 0 aliphatic heterocycles. The van der Waals surface area contributed by atoms with Crippen molar-refractivity contribution in [1.29, 1.82) is 0 Å². The Hall–Kier alpha value is -1.10. The van der Waals surface area contributed by atoms with Gasteiger partial charge in [-0.05, 0) is 5.92 Å². The van der Waals surface area contributed by atoms with Crippen LogP contribution in [0, 0.1) is 11.8 Å². The van der Waals surface area contributed by atoms with Crippen LogP contribution in [0.25, 0.3) is 0 Å². The highest BCUT2D eigenvalue weighted by atomic mass is 16.7. The van der Waals surface area contributed by atoms with E-state index in [0.29, 0.717) is 0 Å². The number of rotatable bonds is 5. The zero-order chi connectivity index (χ0) is 12.9. The summed E-state index contributed by atoms with van der Waals surface area (Å²) in [6, 6.07) is -0.697. The van der Waals surface area contributed by atoms with Crippen LogP contribution < -0.4 is 5.73 Å². The molecule has 0 aromatic rings. The van der Waals surface area contributed by atoms with Crippen molar-refractivity contribution >= 4 is 11.9 Å². The second-order valence-electron chi connectivity index (χ2n) is 4.43. The molecule has 0 aliphatic carbocycles. The Balaban J connectivity index is 4.40. The number of carbonyl (C=O) groups is 2. The van der Waals surface area contributed by atoms with E-state index in [1.165, 1.54) is 6.92 Å². The zero-order valence-corrected chi connectivity index (χ0v) is 10.5. The molecule has 5 heteroatoms. The lowest BCUT2D eigenvalue weighted by Crippen LogP contribution is -2.41. The summed E-state index contributed by atoms with van der Waals surface area (Å²) in [7, 11) is 0. The summed E-state index contributed by atoms with van der Waals surface area (Å²) in [6.07, 6.45) is -0.866. The molecule has 2 N–H and O–H groups in total. The van der Waals surface area contributed by atoms with Gasteiger partial charge in [0.1, 0.15) is 6.04 Å². The molecule has 0 heterocycles. The number of carbonyl (C=O) groups excluding carboxylic acids is 2. The molecule has 5 nitrogen and oxygen atoms in total. The molecule has 16 heavy (non-hydrogen) atoms. The maximum absolute atomic E-state index is 11.5. The zero-order valence-electron chi connectivity index (χ0n) is 10.5. The third-order valence-corrected chi connectivity index (χ3v) is 2.05. The molecule has 0 saturated heterocycles. The van der Waals surface area contributed by atoms with Gasteiger partial charge in [-0.25, -0.2) is 0 Å². The molecule has 94 valence electrons. The highest BCUT2D eigenvalue weighted by Crippen LogP contribution is 2.11. The average molecular weight is 231 g/mol. The van der Waals surface area contributed by atoms with E-state index >= 15 is 0 Å². The third-order valence-electron chi connectivity index (χ3n) is 2.05. The topological polar surface area (TPSA) is 78.6 Å². The Labute approximate surface area is 96.3 Å². The van der Waals surface area contributed by atoms with Crippen molar-refractivity contribution in [3.63, 3.8) is 0 Å². The second kappa shape index (κ2) is 6.48. The molecule has 0 bridgehead atoms. The van der Waals surface area contributed by atoms with Crippen LogP contribution in [-0.2, 0) is 19.1 Å². The normalized spacial score (nSPS) is 14.8. The van der Waals surface area contributed by atoms with Crippen molar-refractivity contribution in [2.45, 2.75) is 47.0 Å². The minimum absolute atomic E-state index is 0.0161. The first kappa shape index (κ1) is 14.9. The second-order valence-corrected chi connectivity index (χ2v) is 4.43. The van der Waals surface area contributed by atoms with Crippen molar-refractivity contribution in [3.05, 3.63) is 0 Å². The molecule has 0 radical (unpaired) electrons. The van der Waals surface area contributed by atoms with Gasteiger partial charge in [0.15, 0.2) is 0 Å². The minimum atomic E-state index is -0.866. The van der Waals surface area contributed by atoms with Gasteiger partial charge in [-0.1, -0.05) is 27.7 Å². The average Bonchev–Trinajstić information content (AvgIpc) is 2.14. The first-order valence-corrected chi connectivity index (χ1v) is 5.39. The largest absolute Gasteiger partial charge is 0.425 e. The molecule has 0 saturated carbocycles. The number of esters is 2. The molecule has 0 aliphatic rings. The Bertz CT molecular complexity index is 250. The van der Waals surface area contributed by atoms with Crippen LogP contribution in [-0.4, -0.2) is 24.3 Å². The monoisotopic (exact) mass is 231 g/mol. The van der Waals surface area contributed by atoms with E-state index in [1.54, 1.807) is 13.8 Å². The minimum Gasteiger partial charge on any atom is -0.425 e. The molecule has 0 spiro atoms. The van der Waals surface area contributed by atoms with Gasteiger partial charge in [0, 0.05) is 12.8 Å². The van der Waals surface area contributed by atoms with Gasteiger partial charge in [0.25, 0.3) is 0 Å². The summed E-state index contributed by atoms with van der Waals surface area (Å²) in [4.78, 5) is 22.3. The molecular formula is C11H21NO4. The van der Waals surface area contributed by atoms with Crippen LogP contribution in [0.15, 0.2) is 0 Å². The standard InChI is InChI=1S/C11H21NO4/c1-6(2)9(12)10(14)16-11(7(3)4)15-8(5)13/h6-7,9,11H,12H2,1-5H3. The highest BCUT2D eigenvalue weighted by Gasteiger charge is 2.26. The summed E-state index contributed by atoms with van der Waals surface area (Å²) in [5.41, 5.74) is 5.62. The number of nitrogens with two attached hydrogens (primary N) is 1. The van der Waals surface area contributed by atoms with Gasteiger partial charge in [0.2, 0.25) is 6.29 Å². The van der Waals surface area contributed by atoms with E-state index in [1.807, 2.05) is 13.8 Å². The van der Waals surface area contributed by atoms with Crippen LogP contribution in [0.2, 0.25) is 0 Å². The van der Waals surface area contributed by atoms with Crippen LogP contribution in [0.1, 0.15) is 34.6 Å². The Morgan fingerprint density at radius 1 is 1.00 bits per heavy atom. The lowest BCUT2D eigenvalue weighted by Gasteiger charge is -2.23. The van der Waals surface area contributed by atoms with Gasteiger partial charge in [-0.2, -0.15) is 0 Å². The summed E-state index contributed by atoms with van der Waals surface area (Å²) in [5.74, 6) is -1.15. The predicted molar refractivity (Wildman–Crippen MR) is 59.3 cm³/mol. The van der Waals surface area contributed by atoms with Gasteiger partial charge in [0.05, 0.1) is 0 Å². The van der Waals surface area contributed by atoms with Crippen molar-refractivity contribution in [2.24, 2.45) is 17.6 Å². The first-order valence-electron chi connectivity index (χ1n) is 5.39. The van der Waals surface area contributed by atoms with Crippen molar-refractivity contribution < 1.29 is 19.1 Å². The van der Waals surface area contributed by atoms with Crippen LogP contribution in [0.5, 0.6) is 0 Å². The van der Waals surface area contributed by atoms with Gasteiger partial charge in [-0.15, -0.1) is 0 Å². The van der Waals surface area contributed by atoms with Crippen LogP contribution >= 0.6 is 0 Å². The van der Waals surface area contributed by atoms with E-state index in [-0.39, 0.29) is 11.8 Å². The fraction of sp³-hybridized carbons (Fsp3) is 0.818. The van der Waals surface area contributed by atoms with E-state index in [4.69, 9.17) is 15.2 Å². The Kier molecular flexibility index (Phi) is 6.03. The van der Waals surface area contributed by atoms with E-state index in [9.17, 15) is 9.59 Å². The summed E-state index contributed by atoms with van der Waals surface area (Å²) < 4.78 is 9.91. The van der Waals surface area contributed by atoms with Gasteiger partial charge >= 0.3 is 11.9 Å². The molecule has 0 rings (SSSR count). The fourth-order valence-electron chi connectivity index (χ4n) is 0.925. The van der Waals surface area contributed by atoms with Crippen LogP contribution in [0.3, 0.4) is 0 Å². The van der Waals surface area contributed by atoms with E-state index in [2.05, 4.69) is 0 Å². The van der Waals surface area contributed by atoms with Crippen molar-refractivity contribution in [1.82, 2.24) is 0 Å². The lowest BCUT2D eigenvalue weighted by atomic mass is 10.1. The fourth-order valence-corrected chi connectivity index (χ4v) is 0.925. The Morgan fingerprint density at radius 2 is 1.50 bits per heavy atom. The number of hydrogen-bond acceptors (Lipinski definition) is 5. The van der Waals surface area contributed by atoms with Gasteiger partial charge in [-0.3, -0.25) is 9.59 Å².